The van der Waals surface area contributed by atoms with Crippen LogP contribution in [0.3, 0.4) is 0 Å². The van der Waals surface area contributed by atoms with Crippen molar-refractivity contribution in [2.24, 2.45) is 5.92 Å². The van der Waals surface area contributed by atoms with E-state index in [9.17, 15) is 9.59 Å². The average molecular weight is 362 g/mol. The van der Waals surface area contributed by atoms with Gasteiger partial charge >= 0.3 is 60.8 Å². The summed E-state index contributed by atoms with van der Waals surface area (Å²) in [4.78, 5) is 21.5. The molecule has 0 aliphatic rings. The number of carbonyl (C=O) groups is 2. The van der Waals surface area contributed by atoms with Gasteiger partial charge in [-0.1, -0.05) is 37.3 Å². The number of carboxylic acid groups (broad SMARTS) is 2. The van der Waals surface area contributed by atoms with E-state index in [1.54, 1.807) is 0 Å². The van der Waals surface area contributed by atoms with E-state index in [1.165, 1.54) is 0 Å². The molecular weight excluding hydrogens is 345 g/mol. The zero-order valence-corrected chi connectivity index (χ0v) is 14.1. The van der Waals surface area contributed by atoms with Crippen LogP contribution in [0.2, 0.25) is 0 Å². The van der Waals surface area contributed by atoms with Gasteiger partial charge in [0.25, 0.3) is 0 Å². The van der Waals surface area contributed by atoms with Crippen LogP contribution in [-0.4, -0.2) is 71.0 Å². The summed E-state index contributed by atoms with van der Waals surface area (Å²) in [5, 5.41) is 17.5. The summed E-state index contributed by atoms with van der Waals surface area (Å²) in [7, 11) is 0. The second kappa shape index (κ2) is 7.94. The first-order valence-electron chi connectivity index (χ1n) is 5.03. The molecule has 0 amide bonds. The molecule has 1 rings (SSSR count). The smallest absolute Gasteiger partial charge is 1.00 e. The van der Waals surface area contributed by atoms with Gasteiger partial charge in [0.2, 0.25) is 0 Å². The molecule has 0 saturated heterocycles. The van der Waals surface area contributed by atoms with Crippen molar-refractivity contribution in [3.8, 4) is 0 Å². The van der Waals surface area contributed by atoms with E-state index in [0.29, 0.717) is 0 Å². The molecule has 0 fully saturated rings. The fraction of sp³-hybridized carbons (Fsp3) is 0.333. The first kappa shape index (κ1) is 16.7. The van der Waals surface area contributed by atoms with Crippen molar-refractivity contribution in [2.75, 3.05) is 0 Å². The van der Waals surface area contributed by atoms with Gasteiger partial charge in [-0.3, -0.25) is 9.59 Å². The number of aliphatic carboxylic acids is 2. The largest absolute Gasteiger partial charge is 2.00 e. The standard InChI is InChI=1S/C12H14O4.Ba.2H/c1-8(9-5-3-2-4-6-9)7-10(11(13)14)12(15)16;;;/h2-6,8,10H,7H2,1H3,(H,13,14)(H,15,16);;;/q;+2;2*-1. The van der Waals surface area contributed by atoms with Gasteiger partial charge in [0.15, 0.2) is 5.92 Å². The van der Waals surface area contributed by atoms with Crippen LogP contribution in [0.4, 0.5) is 0 Å². The van der Waals surface area contributed by atoms with Gasteiger partial charge in [-0.15, -0.1) is 0 Å². The molecule has 0 radical (unpaired) electrons. The average Bonchev–Trinajstić information content (AvgIpc) is 2.25. The summed E-state index contributed by atoms with van der Waals surface area (Å²) in [6.45, 7) is 1.83. The molecule has 17 heavy (non-hydrogen) atoms. The molecule has 1 aromatic carbocycles. The maximum absolute atomic E-state index is 10.7. The van der Waals surface area contributed by atoms with Crippen LogP contribution in [0.15, 0.2) is 30.3 Å². The molecule has 0 aliphatic carbocycles. The second-order valence-corrected chi connectivity index (χ2v) is 3.78. The minimum Gasteiger partial charge on any atom is -1.00 e. The third-order valence-corrected chi connectivity index (χ3v) is 2.55. The van der Waals surface area contributed by atoms with Crippen LogP contribution in [0.25, 0.3) is 0 Å². The van der Waals surface area contributed by atoms with Gasteiger partial charge in [-0.05, 0) is 17.9 Å². The maximum atomic E-state index is 10.7. The normalized spacial score (nSPS) is 11.6. The number of hydrogen-bond acceptors (Lipinski definition) is 2. The van der Waals surface area contributed by atoms with Crippen LogP contribution in [-0.2, 0) is 9.59 Å². The Morgan fingerprint density at radius 2 is 1.65 bits per heavy atom. The van der Waals surface area contributed by atoms with E-state index in [-0.39, 0.29) is 64.1 Å². The molecule has 1 aromatic rings. The molecule has 2 N–H and O–H groups in total. The van der Waals surface area contributed by atoms with Gasteiger partial charge in [-0.2, -0.15) is 0 Å². The van der Waals surface area contributed by atoms with Gasteiger partial charge < -0.3 is 13.1 Å². The molecular formula is C12H16BaO4. The van der Waals surface area contributed by atoms with Crippen molar-refractivity contribution >= 4 is 60.8 Å². The van der Waals surface area contributed by atoms with E-state index in [4.69, 9.17) is 10.2 Å². The first-order valence-corrected chi connectivity index (χ1v) is 5.03. The fourth-order valence-corrected chi connectivity index (χ4v) is 1.58. The third-order valence-electron chi connectivity index (χ3n) is 2.55. The zero-order chi connectivity index (χ0) is 12.1. The van der Waals surface area contributed by atoms with E-state index < -0.39 is 17.9 Å². The van der Waals surface area contributed by atoms with Gasteiger partial charge in [0.1, 0.15) is 0 Å². The van der Waals surface area contributed by atoms with Gasteiger partial charge in [0, 0.05) is 0 Å². The Morgan fingerprint density at radius 3 is 2.06 bits per heavy atom. The minimum absolute atomic E-state index is 0. The Bertz CT molecular complexity index is 373. The second-order valence-electron chi connectivity index (χ2n) is 3.78. The molecule has 5 heteroatoms. The molecule has 0 heterocycles. The molecule has 0 bridgehead atoms. The van der Waals surface area contributed by atoms with E-state index in [1.807, 2.05) is 37.3 Å². The monoisotopic (exact) mass is 362 g/mol. The number of rotatable bonds is 5. The number of carboxylic acids is 2. The summed E-state index contributed by atoms with van der Waals surface area (Å²) >= 11 is 0. The van der Waals surface area contributed by atoms with Crippen molar-refractivity contribution in [2.45, 2.75) is 19.3 Å². The van der Waals surface area contributed by atoms with E-state index in [0.717, 1.165) is 5.56 Å². The number of benzene rings is 1. The van der Waals surface area contributed by atoms with Gasteiger partial charge in [0.05, 0.1) is 0 Å². The molecule has 1 unspecified atom stereocenters. The summed E-state index contributed by atoms with van der Waals surface area (Å²) < 4.78 is 0. The minimum atomic E-state index is -1.34. The van der Waals surface area contributed by atoms with Crippen molar-refractivity contribution in [1.82, 2.24) is 0 Å². The Labute approximate surface area is 143 Å². The zero-order valence-electron chi connectivity index (χ0n) is 11.7. The van der Waals surface area contributed by atoms with Crippen molar-refractivity contribution < 1.29 is 22.7 Å². The van der Waals surface area contributed by atoms with E-state index >= 15 is 0 Å². The molecule has 4 nitrogen and oxygen atoms in total. The molecule has 0 spiro atoms. The van der Waals surface area contributed by atoms with E-state index in [2.05, 4.69) is 0 Å². The summed E-state index contributed by atoms with van der Waals surface area (Å²) in [6, 6.07) is 9.30. The third kappa shape index (κ3) is 5.27. The van der Waals surface area contributed by atoms with Gasteiger partial charge in [-0.25, -0.2) is 0 Å². The summed E-state index contributed by atoms with van der Waals surface area (Å²) in [5.41, 5.74) is 0.954. The first-order chi connectivity index (χ1) is 7.52. The maximum Gasteiger partial charge on any atom is 2.00 e. The van der Waals surface area contributed by atoms with Crippen molar-refractivity contribution in [3.05, 3.63) is 35.9 Å². The summed E-state index contributed by atoms with van der Waals surface area (Å²) in [5.74, 6) is -3.99. The Balaban J connectivity index is -0.000000853. The van der Waals surface area contributed by atoms with Crippen LogP contribution in [0.1, 0.15) is 27.7 Å². The Kier molecular flexibility index (Phi) is 7.82. The molecule has 0 aromatic heterocycles. The van der Waals surface area contributed by atoms with Crippen molar-refractivity contribution in [3.63, 3.8) is 0 Å². The Hall–Kier alpha value is -0.269. The predicted octanol–water partition coefficient (Wildman–Crippen LogP) is 1.81. The van der Waals surface area contributed by atoms with Crippen molar-refractivity contribution in [1.29, 1.82) is 0 Å². The molecule has 90 valence electrons. The predicted molar refractivity (Wildman–Crippen MR) is 66.2 cm³/mol. The molecule has 0 aliphatic heterocycles. The quantitative estimate of drug-likeness (QED) is 0.619. The fourth-order valence-electron chi connectivity index (χ4n) is 1.58. The van der Waals surface area contributed by atoms with Crippen LogP contribution in [0.5, 0.6) is 0 Å². The van der Waals surface area contributed by atoms with Crippen LogP contribution >= 0.6 is 0 Å². The molecule has 0 saturated carbocycles. The topological polar surface area (TPSA) is 74.6 Å². The summed E-state index contributed by atoms with van der Waals surface area (Å²) in [6.07, 6.45) is 0.106. The number of hydrogen-bond donors (Lipinski definition) is 2. The molecule has 1 atom stereocenters. The van der Waals surface area contributed by atoms with Crippen LogP contribution in [0, 0.1) is 5.92 Å². The Morgan fingerprint density at radius 1 is 1.18 bits per heavy atom. The van der Waals surface area contributed by atoms with Crippen LogP contribution < -0.4 is 0 Å². The SMILES string of the molecule is CC(CC(C(=O)O)C(=O)O)c1ccccc1.[Ba+2].[H-].[H-].